The molecule has 0 bridgehead atoms. The first-order valence-corrected chi connectivity index (χ1v) is 8.90. The van der Waals surface area contributed by atoms with Crippen molar-refractivity contribution in [1.29, 1.82) is 0 Å². The van der Waals surface area contributed by atoms with Crippen molar-refractivity contribution in [1.82, 2.24) is 0 Å². The molecule has 3 nitrogen and oxygen atoms in total. The van der Waals surface area contributed by atoms with Gasteiger partial charge in [0, 0.05) is 6.42 Å². The number of hydrogen-bond acceptors (Lipinski definition) is 3. The Hall–Kier alpha value is -0.570. The minimum Gasteiger partial charge on any atom is -0.298 e. The molecule has 0 heterocycles. The maximum absolute atomic E-state index is 11.6. The molecule has 0 aromatic carbocycles. The Kier molecular flexibility index (Phi) is 12.8. The van der Waals surface area contributed by atoms with E-state index in [-0.39, 0.29) is 11.6 Å². The predicted molar refractivity (Wildman–Crippen MR) is 88.0 cm³/mol. The molecule has 0 saturated carbocycles. The summed E-state index contributed by atoms with van der Waals surface area (Å²) in [5.74, 6) is -0.230. The third-order valence-electron chi connectivity index (χ3n) is 3.73. The smallest absolute Gasteiger partial charge is 0.298 e. The van der Waals surface area contributed by atoms with Crippen molar-refractivity contribution < 1.29 is 14.6 Å². The first-order chi connectivity index (χ1) is 10.0. The van der Waals surface area contributed by atoms with Gasteiger partial charge in [-0.15, -0.1) is 0 Å². The van der Waals surface area contributed by atoms with Gasteiger partial charge in [0.25, 0.3) is 0 Å². The normalized spacial score (nSPS) is 11.6. The fraction of sp³-hybridized carbons (Fsp3) is 0.944. The molecule has 0 atom stereocenters. The highest BCUT2D eigenvalue weighted by atomic mass is 17.2. The average molecular weight is 300 g/mol. The van der Waals surface area contributed by atoms with E-state index >= 15 is 0 Å². The van der Waals surface area contributed by atoms with Crippen LogP contribution in [0.25, 0.3) is 0 Å². The highest BCUT2D eigenvalue weighted by Crippen LogP contribution is 2.19. The third kappa shape index (κ3) is 14.1. The van der Waals surface area contributed by atoms with Crippen LogP contribution in [0.4, 0.5) is 0 Å². The van der Waals surface area contributed by atoms with E-state index in [2.05, 4.69) is 13.8 Å². The van der Waals surface area contributed by atoms with Crippen molar-refractivity contribution in [3.63, 3.8) is 0 Å². The van der Waals surface area contributed by atoms with Gasteiger partial charge in [0.05, 0.1) is 0 Å². The predicted octanol–water partition coefficient (Wildman–Crippen LogP) is 5.96. The molecule has 0 amide bonds. The lowest BCUT2D eigenvalue weighted by Gasteiger charge is -2.22. The average Bonchev–Trinajstić information content (AvgIpc) is 2.44. The van der Waals surface area contributed by atoms with Gasteiger partial charge in [-0.1, -0.05) is 71.6 Å². The zero-order valence-corrected chi connectivity index (χ0v) is 14.7. The molecule has 0 unspecified atom stereocenters. The molecule has 0 aliphatic carbocycles. The van der Waals surface area contributed by atoms with E-state index in [1.807, 2.05) is 13.8 Å². The summed E-state index contributed by atoms with van der Waals surface area (Å²) in [6, 6.07) is 0. The van der Waals surface area contributed by atoms with Gasteiger partial charge in [0.1, 0.15) is 5.60 Å². The quantitative estimate of drug-likeness (QED) is 0.225. The standard InChI is InChI=1S/C18H36O3/c1-5-7-9-10-11-12-13-15-17(19)20-21-18(3,4)16-14-8-6-2/h5-16H2,1-4H3. The zero-order valence-electron chi connectivity index (χ0n) is 14.7. The Morgan fingerprint density at radius 2 is 1.33 bits per heavy atom. The summed E-state index contributed by atoms with van der Waals surface area (Å²) in [5, 5.41) is 0. The molecule has 0 radical (unpaired) electrons. The molecular formula is C18H36O3. The van der Waals surface area contributed by atoms with E-state index in [1.54, 1.807) is 0 Å². The van der Waals surface area contributed by atoms with Gasteiger partial charge in [0.15, 0.2) is 0 Å². The number of carbonyl (C=O) groups is 1. The van der Waals surface area contributed by atoms with Crippen LogP contribution in [-0.2, 0) is 14.6 Å². The Morgan fingerprint density at radius 3 is 1.95 bits per heavy atom. The van der Waals surface area contributed by atoms with Gasteiger partial charge in [-0.3, -0.25) is 4.89 Å². The molecular weight excluding hydrogens is 264 g/mol. The van der Waals surface area contributed by atoms with Crippen LogP contribution in [0, 0.1) is 0 Å². The van der Waals surface area contributed by atoms with Crippen LogP contribution in [0.3, 0.4) is 0 Å². The molecule has 0 aliphatic heterocycles. The van der Waals surface area contributed by atoms with Crippen molar-refractivity contribution in [3.05, 3.63) is 0 Å². The van der Waals surface area contributed by atoms with E-state index < -0.39 is 0 Å². The summed E-state index contributed by atoms with van der Waals surface area (Å²) >= 11 is 0. The topological polar surface area (TPSA) is 35.5 Å². The second kappa shape index (κ2) is 13.1. The van der Waals surface area contributed by atoms with Crippen LogP contribution >= 0.6 is 0 Å². The Bertz CT molecular complexity index is 249. The fourth-order valence-corrected chi connectivity index (χ4v) is 2.27. The molecule has 0 spiro atoms. The van der Waals surface area contributed by atoms with Gasteiger partial charge in [0.2, 0.25) is 0 Å². The first kappa shape index (κ1) is 20.4. The van der Waals surface area contributed by atoms with Gasteiger partial charge < -0.3 is 0 Å². The van der Waals surface area contributed by atoms with Gasteiger partial charge >= 0.3 is 5.97 Å². The van der Waals surface area contributed by atoms with E-state index in [1.165, 1.54) is 44.9 Å². The van der Waals surface area contributed by atoms with Crippen molar-refractivity contribution in [2.24, 2.45) is 0 Å². The lowest BCUT2D eigenvalue weighted by atomic mass is 10.0. The van der Waals surface area contributed by atoms with Crippen LogP contribution in [0.1, 0.15) is 105 Å². The summed E-state index contributed by atoms with van der Waals surface area (Å²) in [6.45, 7) is 8.35. The largest absolute Gasteiger partial charge is 0.342 e. The summed E-state index contributed by atoms with van der Waals surface area (Å²) in [5.41, 5.74) is -0.370. The van der Waals surface area contributed by atoms with E-state index in [9.17, 15) is 4.79 Å². The first-order valence-electron chi connectivity index (χ1n) is 8.90. The highest BCUT2D eigenvalue weighted by Gasteiger charge is 2.21. The molecule has 0 rings (SSSR count). The van der Waals surface area contributed by atoms with Crippen molar-refractivity contribution in [3.8, 4) is 0 Å². The van der Waals surface area contributed by atoms with Gasteiger partial charge in [-0.25, -0.2) is 4.79 Å². The van der Waals surface area contributed by atoms with Crippen molar-refractivity contribution in [2.45, 2.75) is 110 Å². The SMILES string of the molecule is CCCCCCCCCC(=O)OOC(C)(C)CCCCC. The molecule has 0 fully saturated rings. The minimum absolute atomic E-state index is 0.230. The Balaban J connectivity index is 3.52. The maximum atomic E-state index is 11.6. The molecule has 0 aromatic heterocycles. The lowest BCUT2D eigenvalue weighted by molar-refractivity contribution is -0.326. The van der Waals surface area contributed by atoms with Crippen LogP contribution in [0.15, 0.2) is 0 Å². The van der Waals surface area contributed by atoms with Gasteiger partial charge in [-0.05, 0) is 26.7 Å². The summed E-state index contributed by atoms with van der Waals surface area (Å²) < 4.78 is 0. The molecule has 3 heteroatoms. The van der Waals surface area contributed by atoms with Crippen LogP contribution in [-0.4, -0.2) is 11.6 Å². The zero-order chi connectivity index (χ0) is 16.0. The summed E-state index contributed by atoms with van der Waals surface area (Å²) in [4.78, 5) is 21.8. The molecule has 21 heavy (non-hydrogen) atoms. The Morgan fingerprint density at radius 1 is 0.810 bits per heavy atom. The van der Waals surface area contributed by atoms with Crippen molar-refractivity contribution in [2.75, 3.05) is 0 Å². The Labute approximate surface area is 131 Å². The van der Waals surface area contributed by atoms with Crippen LogP contribution in [0.5, 0.6) is 0 Å². The lowest BCUT2D eigenvalue weighted by Crippen LogP contribution is -2.26. The minimum atomic E-state index is -0.370. The number of carbonyl (C=O) groups excluding carboxylic acids is 1. The molecule has 0 aromatic rings. The second-order valence-electron chi connectivity index (χ2n) is 6.63. The number of hydrogen-bond donors (Lipinski definition) is 0. The maximum Gasteiger partial charge on any atom is 0.342 e. The third-order valence-corrected chi connectivity index (χ3v) is 3.73. The molecule has 0 saturated heterocycles. The molecule has 0 N–H and O–H groups in total. The number of unbranched alkanes of at least 4 members (excludes halogenated alkanes) is 8. The number of rotatable bonds is 14. The second-order valence-corrected chi connectivity index (χ2v) is 6.63. The van der Waals surface area contributed by atoms with Crippen molar-refractivity contribution >= 4 is 5.97 Å². The van der Waals surface area contributed by atoms with Crippen LogP contribution in [0.2, 0.25) is 0 Å². The summed E-state index contributed by atoms with van der Waals surface area (Å²) in [6.07, 6.45) is 13.3. The summed E-state index contributed by atoms with van der Waals surface area (Å²) in [7, 11) is 0. The highest BCUT2D eigenvalue weighted by molar-refractivity contribution is 5.68. The van der Waals surface area contributed by atoms with E-state index in [4.69, 9.17) is 9.78 Å². The van der Waals surface area contributed by atoms with Gasteiger partial charge in [-0.2, -0.15) is 4.89 Å². The van der Waals surface area contributed by atoms with Crippen LogP contribution < -0.4 is 0 Å². The monoisotopic (exact) mass is 300 g/mol. The van der Waals surface area contributed by atoms with E-state index in [0.29, 0.717) is 6.42 Å². The van der Waals surface area contributed by atoms with E-state index in [0.717, 1.165) is 25.7 Å². The fourth-order valence-electron chi connectivity index (χ4n) is 2.27. The molecule has 0 aliphatic rings. The molecule has 126 valence electrons.